The molecular formula is C66H42N2. The Bertz CT molecular complexity index is 4310. The van der Waals surface area contributed by atoms with Gasteiger partial charge in [-0.2, -0.15) is 0 Å². The van der Waals surface area contributed by atoms with Gasteiger partial charge in [-0.3, -0.25) is 0 Å². The lowest BCUT2D eigenvalue weighted by atomic mass is 9.91. The number of rotatable bonds is 6. The van der Waals surface area contributed by atoms with E-state index in [1.807, 2.05) is 0 Å². The molecule has 1 heterocycles. The minimum atomic E-state index is 1.12. The molecular weight excluding hydrogens is 821 g/mol. The Labute approximate surface area is 393 Å². The first-order chi connectivity index (χ1) is 33.7. The van der Waals surface area contributed by atoms with Gasteiger partial charge in [-0.25, -0.2) is 0 Å². The van der Waals surface area contributed by atoms with Gasteiger partial charge in [-0.1, -0.05) is 188 Å². The van der Waals surface area contributed by atoms with Crippen LogP contribution in [0.4, 0.5) is 17.1 Å². The second kappa shape index (κ2) is 15.3. The van der Waals surface area contributed by atoms with Crippen molar-refractivity contribution in [2.75, 3.05) is 4.90 Å². The van der Waals surface area contributed by atoms with Gasteiger partial charge in [0.25, 0.3) is 0 Å². The highest BCUT2D eigenvalue weighted by atomic mass is 15.1. The molecule has 0 amide bonds. The maximum absolute atomic E-state index is 2.49. The van der Waals surface area contributed by atoms with Crippen molar-refractivity contribution >= 4 is 104 Å². The van der Waals surface area contributed by atoms with Gasteiger partial charge in [0.1, 0.15) is 0 Å². The van der Waals surface area contributed by atoms with Crippen LogP contribution < -0.4 is 4.90 Å². The molecule has 0 N–H and O–H groups in total. The van der Waals surface area contributed by atoms with Gasteiger partial charge in [0.05, 0.1) is 16.7 Å². The molecule has 0 aliphatic heterocycles. The van der Waals surface area contributed by atoms with Gasteiger partial charge in [0, 0.05) is 33.2 Å². The SMILES string of the molecule is c1ccc(-c2cccc(-n3c4cc(-c5ccccc5)ccc4c4c5cc6c7ccc(N(c8ccc9ccccc9c8)c8cccc9ccccc89)cc7c7ccccc7c6cc5ccc43)c2)cc1. The molecule has 0 aliphatic rings. The Morgan fingerprint density at radius 1 is 0.250 bits per heavy atom. The Morgan fingerprint density at radius 2 is 0.809 bits per heavy atom. The standard InChI is InChI=1S/C66H42N2/c1-3-15-43(16-4-1)48-23-13-24-51(37-48)68-64-36-31-50-39-60-55-26-11-12-27-56(55)61-41-53(67(52-32-29-45-19-7-8-21-47(45)38-52)63-28-14-22-46-20-9-10-25-54(46)63)33-35-57(61)62(60)42-59(50)66(64)58-34-30-49(40-65(58)68)44-17-5-2-6-18-44/h1-42H. The van der Waals surface area contributed by atoms with E-state index < -0.39 is 0 Å². The lowest BCUT2D eigenvalue weighted by molar-refractivity contribution is 1.18. The summed E-state index contributed by atoms with van der Waals surface area (Å²) in [6, 6.07) is 94.0. The van der Waals surface area contributed by atoms with Crippen molar-refractivity contribution in [3.8, 4) is 27.9 Å². The lowest BCUT2D eigenvalue weighted by Gasteiger charge is -2.28. The molecule has 0 aliphatic carbocycles. The number of anilines is 3. The Morgan fingerprint density at radius 3 is 1.60 bits per heavy atom. The maximum atomic E-state index is 2.49. The molecule has 0 unspecified atom stereocenters. The molecule has 68 heavy (non-hydrogen) atoms. The predicted molar refractivity (Wildman–Crippen MR) is 291 cm³/mol. The molecule has 14 aromatic rings. The van der Waals surface area contributed by atoms with Crippen molar-refractivity contribution in [2.24, 2.45) is 0 Å². The van der Waals surface area contributed by atoms with Crippen molar-refractivity contribution in [2.45, 2.75) is 0 Å². The van der Waals surface area contributed by atoms with Gasteiger partial charge in [-0.05, 0) is 148 Å². The third-order valence-corrected chi connectivity index (χ3v) is 14.3. The molecule has 316 valence electrons. The van der Waals surface area contributed by atoms with E-state index in [1.54, 1.807) is 0 Å². The van der Waals surface area contributed by atoms with Crippen LogP contribution in [-0.4, -0.2) is 4.57 Å². The molecule has 14 rings (SSSR count). The van der Waals surface area contributed by atoms with Gasteiger partial charge >= 0.3 is 0 Å². The van der Waals surface area contributed by atoms with Gasteiger partial charge in [0.2, 0.25) is 0 Å². The molecule has 0 bridgehead atoms. The predicted octanol–water partition coefficient (Wildman–Crippen LogP) is 18.5. The summed E-state index contributed by atoms with van der Waals surface area (Å²) in [5.41, 5.74) is 11.7. The van der Waals surface area contributed by atoms with E-state index in [1.165, 1.54) is 109 Å². The summed E-state index contributed by atoms with van der Waals surface area (Å²) in [6.45, 7) is 0. The second-order valence-corrected chi connectivity index (χ2v) is 18.1. The van der Waals surface area contributed by atoms with Crippen LogP contribution in [0.3, 0.4) is 0 Å². The van der Waals surface area contributed by atoms with Gasteiger partial charge in [0.15, 0.2) is 0 Å². The quantitative estimate of drug-likeness (QED) is 0.119. The van der Waals surface area contributed by atoms with Crippen molar-refractivity contribution < 1.29 is 0 Å². The van der Waals surface area contributed by atoms with E-state index in [9.17, 15) is 0 Å². The first-order valence-corrected chi connectivity index (χ1v) is 23.5. The molecule has 0 spiro atoms. The van der Waals surface area contributed by atoms with Crippen LogP contribution in [0.25, 0.3) is 114 Å². The van der Waals surface area contributed by atoms with E-state index in [4.69, 9.17) is 0 Å². The first kappa shape index (κ1) is 38.3. The van der Waals surface area contributed by atoms with Crippen LogP contribution in [0.1, 0.15) is 0 Å². The highest BCUT2D eigenvalue weighted by Crippen LogP contribution is 2.46. The van der Waals surface area contributed by atoms with Crippen LogP contribution in [0, 0.1) is 0 Å². The highest BCUT2D eigenvalue weighted by molar-refractivity contribution is 6.31. The lowest BCUT2D eigenvalue weighted by Crippen LogP contribution is -2.10. The summed E-state index contributed by atoms with van der Waals surface area (Å²) in [6.07, 6.45) is 0. The van der Waals surface area contributed by atoms with Crippen LogP contribution in [0.2, 0.25) is 0 Å². The number of nitrogens with zero attached hydrogens (tertiary/aromatic N) is 2. The topological polar surface area (TPSA) is 8.17 Å². The summed E-state index contributed by atoms with van der Waals surface area (Å²) in [4.78, 5) is 2.45. The Balaban J connectivity index is 1.04. The monoisotopic (exact) mass is 862 g/mol. The van der Waals surface area contributed by atoms with Crippen molar-refractivity contribution in [3.63, 3.8) is 0 Å². The van der Waals surface area contributed by atoms with Crippen molar-refractivity contribution in [1.82, 2.24) is 4.57 Å². The molecule has 0 fully saturated rings. The summed E-state index contributed by atoms with van der Waals surface area (Å²) in [5.74, 6) is 0. The molecule has 2 heteroatoms. The summed E-state index contributed by atoms with van der Waals surface area (Å²) < 4.78 is 2.48. The number of benzene rings is 13. The summed E-state index contributed by atoms with van der Waals surface area (Å²) in [5, 5.41) is 17.3. The summed E-state index contributed by atoms with van der Waals surface area (Å²) in [7, 11) is 0. The van der Waals surface area contributed by atoms with Crippen molar-refractivity contribution in [3.05, 3.63) is 255 Å². The highest BCUT2D eigenvalue weighted by Gasteiger charge is 2.21. The average molecular weight is 863 g/mol. The zero-order valence-corrected chi connectivity index (χ0v) is 37.1. The van der Waals surface area contributed by atoms with E-state index in [-0.39, 0.29) is 0 Å². The maximum Gasteiger partial charge on any atom is 0.0547 e. The van der Waals surface area contributed by atoms with E-state index >= 15 is 0 Å². The van der Waals surface area contributed by atoms with Crippen LogP contribution >= 0.6 is 0 Å². The van der Waals surface area contributed by atoms with Crippen molar-refractivity contribution in [1.29, 1.82) is 0 Å². The van der Waals surface area contributed by atoms with Crippen LogP contribution in [0.5, 0.6) is 0 Å². The zero-order valence-electron chi connectivity index (χ0n) is 37.1. The van der Waals surface area contributed by atoms with Gasteiger partial charge in [-0.15, -0.1) is 0 Å². The fraction of sp³-hybridized carbons (Fsp3) is 0. The van der Waals surface area contributed by atoms with E-state index in [0.29, 0.717) is 0 Å². The zero-order chi connectivity index (χ0) is 44.7. The van der Waals surface area contributed by atoms with E-state index in [0.717, 1.165) is 22.7 Å². The Hall–Kier alpha value is -8.98. The second-order valence-electron chi connectivity index (χ2n) is 18.1. The Kier molecular flexibility index (Phi) is 8.62. The van der Waals surface area contributed by atoms with Crippen LogP contribution in [-0.2, 0) is 0 Å². The minimum absolute atomic E-state index is 1.12. The van der Waals surface area contributed by atoms with Crippen LogP contribution in [0.15, 0.2) is 255 Å². The molecule has 0 atom stereocenters. The largest absolute Gasteiger partial charge is 0.310 e. The van der Waals surface area contributed by atoms with Gasteiger partial charge < -0.3 is 9.47 Å². The molecule has 0 radical (unpaired) electrons. The first-order valence-electron chi connectivity index (χ1n) is 23.5. The average Bonchev–Trinajstić information content (AvgIpc) is 3.75. The smallest absolute Gasteiger partial charge is 0.0547 e. The number of aromatic nitrogens is 1. The fourth-order valence-electron chi connectivity index (χ4n) is 11.1. The molecule has 0 saturated heterocycles. The van der Waals surface area contributed by atoms with E-state index in [2.05, 4.69) is 264 Å². The third-order valence-electron chi connectivity index (χ3n) is 14.3. The normalized spacial score (nSPS) is 11.8. The summed E-state index contributed by atoms with van der Waals surface area (Å²) >= 11 is 0. The molecule has 0 saturated carbocycles. The number of hydrogen-bond donors (Lipinski definition) is 0. The molecule has 13 aromatic carbocycles. The molecule has 2 nitrogen and oxygen atoms in total. The minimum Gasteiger partial charge on any atom is -0.310 e. The number of fused-ring (bicyclic) bond motifs is 13. The number of hydrogen-bond acceptors (Lipinski definition) is 1. The third kappa shape index (κ3) is 6.05. The molecule has 1 aromatic heterocycles. The fourth-order valence-corrected chi connectivity index (χ4v) is 11.1.